The summed E-state index contributed by atoms with van der Waals surface area (Å²) in [5.41, 5.74) is 5.50. The summed E-state index contributed by atoms with van der Waals surface area (Å²) in [5.74, 6) is 0.842. The molecule has 0 spiro atoms. The van der Waals surface area contributed by atoms with Crippen molar-refractivity contribution in [2.24, 2.45) is 0 Å². The lowest BCUT2D eigenvalue weighted by atomic mass is 10.2. The minimum absolute atomic E-state index is 0.626. The number of nitrogens with one attached hydrogen (secondary N) is 1. The second kappa shape index (κ2) is 6.92. The molecule has 0 atom stereocenters. The molecule has 4 aromatic heterocycles. The third-order valence-electron chi connectivity index (χ3n) is 4.66. The molecule has 0 aliphatic rings. The molecule has 0 saturated carbocycles. The van der Waals surface area contributed by atoms with Gasteiger partial charge in [-0.3, -0.25) is 9.97 Å². The number of pyridine rings is 2. The Morgan fingerprint density at radius 1 is 0.962 bits per heavy atom. The van der Waals surface area contributed by atoms with E-state index < -0.39 is 0 Å². The largest absolute Gasteiger partial charge is 0.364 e. The number of anilines is 1. The highest BCUT2D eigenvalue weighted by Gasteiger charge is 2.16. The van der Waals surface area contributed by atoms with Crippen molar-refractivity contribution >= 4 is 16.9 Å². The zero-order valence-electron chi connectivity index (χ0n) is 14.8. The van der Waals surface area contributed by atoms with E-state index in [4.69, 9.17) is 0 Å². The fraction of sp³-hybridized carbons (Fsp3) is 0.200. The Morgan fingerprint density at radius 3 is 2.58 bits per heavy atom. The van der Waals surface area contributed by atoms with Crippen molar-refractivity contribution in [1.82, 2.24) is 24.5 Å². The van der Waals surface area contributed by atoms with Crippen molar-refractivity contribution in [2.75, 3.05) is 5.32 Å². The van der Waals surface area contributed by atoms with E-state index in [2.05, 4.69) is 43.7 Å². The smallest absolute Gasteiger partial charge is 0.146 e. The van der Waals surface area contributed by atoms with Crippen LogP contribution in [0.2, 0.25) is 0 Å². The van der Waals surface area contributed by atoms with Crippen molar-refractivity contribution in [3.8, 4) is 0 Å². The molecule has 6 nitrogen and oxygen atoms in total. The summed E-state index contributed by atoms with van der Waals surface area (Å²) in [6.45, 7) is 5.63. The van der Waals surface area contributed by atoms with Crippen LogP contribution < -0.4 is 5.32 Å². The van der Waals surface area contributed by atoms with Gasteiger partial charge in [0.2, 0.25) is 0 Å². The van der Waals surface area contributed by atoms with Gasteiger partial charge >= 0.3 is 0 Å². The van der Waals surface area contributed by atoms with Crippen LogP contribution in [-0.4, -0.2) is 24.5 Å². The number of aromatic nitrogens is 5. The minimum Gasteiger partial charge on any atom is -0.364 e. The van der Waals surface area contributed by atoms with Gasteiger partial charge in [0.15, 0.2) is 0 Å². The number of aryl methyl sites for hydroxylation is 1. The van der Waals surface area contributed by atoms with E-state index in [1.54, 1.807) is 12.5 Å². The van der Waals surface area contributed by atoms with Gasteiger partial charge in [-0.25, -0.2) is 9.97 Å². The molecular formula is C20H20N6. The molecule has 130 valence electrons. The van der Waals surface area contributed by atoms with Gasteiger partial charge in [0.1, 0.15) is 17.8 Å². The first-order valence-corrected chi connectivity index (χ1v) is 8.57. The normalized spacial score (nSPS) is 11.0. The van der Waals surface area contributed by atoms with Crippen LogP contribution in [0.15, 0.2) is 55.2 Å². The Hall–Kier alpha value is -3.28. The van der Waals surface area contributed by atoms with Crippen LogP contribution in [0.4, 0.5) is 5.82 Å². The zero-order valence-corrected chi connectivity index (χ0v) is 14.8. The SMILES string of the molecule is Cc1c(C)n(Cc2ccncc2)c2ncnc(NCc3ccccn3)c12. The predicted octanol–water partition coefficient (Wildman–Crippen LogP) is 3.50. The standard InChI is InChI=1S/C20H20N6/c1-14-15(2)26(12-16-6-9-21-10-7-16)20-18(14)19(24-13-25-20)23-11-17-5-3-4-8-22-17/h3-10,13H,11-12H2,1-2H3,(H,23,24,25). The molecule has 4 heterocycles. The Balaban J connectivity index is 1.71. The Labute approximate surface area is 152 Å². The highest BCUT2D eigenvalue weighted by atomic mass is 15.1. The lowest BCUT2D eigenvalue weighted by molar-refractivity contribution is 0.788. The molecule has 0 radical (unpaired) electrons. The molecule has 4 rings (SSSR count). The second-order valence-electron chi connectivity index (χ2n) is 6.25. The maximum atomic E-state index is 4.56. The van der Waals surface area contributed by atoms with E-state index in [-0.39, 0.29) is 0 Å². The van der Waals surface area contributed by atoms with Crippen molar-refractivity contribution in [3.63, 3.8) is 0 Å². The van der Waals surface area contributed by atoms with Crippen molar-refractivity contribution < 1.29 is 0 Å². The maximum Gasteiger partial charge on any atom is 0.146 e. The summed E-state index contributed by atoms with van der Waals surface area (Å²) < 4.78 is 2.23. The molecule has 26 heavy (non-hydrogen) atoms. The van der Waals surface area contributed by atoms with Crippen LogP contribution in [0.25, 0.3) is 11.0 Å². The minimum atomic E-state index is 0.626. The molecule has 4 aromatic rings. The van der Waals surface area contributed by atoms with Gasteiger partial charge in [-0.15, -0.1) is 0 Å². The van der Waals surface area contributed by atoms with Crippen molar-refractivity contribution in [2.45, 2.75) is 26.9 Å². The quantitative estimate of drug-likeness (QED) is 0.600. The number of nitrogens with zero attached hydrogens (tertiary/aromatic N) is 5. The predicted molar refractivity (Wildman–Crippen MR) is 102 cm³/mol. The lowest BCUT2D eigenvalue weighted by Gasteiger charge is -2.09. The van der Waals surface area contributed by atoms with Gasteiger partial charge < -0.3 is 9.88 Å². The zero-order chi connectivity index (χ0) is 17.9. The van der Waals surface area contributed by atoms with Gasteiger partial charge in [-0.2, -0.15) is 0 Å². The summed E-state index contributed by atoms with van der Waals surface area (Å²) in [6, 6.07) is 9.96. The van der Waals surface area contributed by atoms with Crippen LogP contribution in [-0.2, 0) is 13.1 Å². The molecule has 0 aliphatic carbocycles. The molecule has 0 aromatic carbocycles. The van der Waals surface area contributed by atoms with Crippen molar-refractivity contribution in [3.05, 3.63) is 77.8 Å². The van der Waals surface area contributed by atoms with E-state index in [1.165, 1.54) is 16.8 Å². The Bertz CT molecular complexity index is 1020. The second-order valence-corrected chi connectivity index (χ2v) is 6.25. The molecule has 6 heteroatoms. The molecule has 0 fully saturated rings. The fourth-order valence-corrected chi connectivity index (χ4v) is 3.14. The lowest BCUT2D eigenvalue weighted by Crippen LogP contribution is -2.05. The monoisotopic (exact) mass is 344 g/mol. The molecular weight excluding hydrogens is 324 g/mol. The molecule has 0 bridgehead atoms. The summed E-state index contributed by atoms with van der Waals surface area (Å²) in [7, 11) is 0. The first-order valence-electron chi connectivity index (χ1n) is 8.57. The van der Waals surface area contributed by atoms with E-state index in [0.29, 0.717) is 6.54 Å². The molecule has 1 N–H and O–H groups in total. The third kappa shape index (κ3) is 3.01. The number of rotatable bonds is 5. The first kappa shape index (κ1) is 16.2. The summed E-state index contributed by atoms with van der Waals surface area (Å²) in [4.78, 5) is 17.5. The summed E-state index contributed by atoms with van der Waals surface area (Å²) >= 11 is 0. The summed E-state index contributed by atoms with van der Waals surface area (Å²) in [6.07, 6.45) is 7.05. The first-order chi connectivity index (χ1) is 12.7. The van der Waals surface area contributed by atoms with Gasteiger partial charge in [0.25, 0.3) is 0 Å². The van der Waals surface area contributed by atoms with Crippen LogP contribution >= 0.6 is 0 Å². The van der Waals surface area contributed by atoms with Gasteiger partial charge in [-0.05, 0) is 49.2 Å². The molecule has 0 saturated heterocycles. The third-order valence-corrected chi connectivity index (χ3v) is 4.66. The van der Waals surface area contributed by atoms with Crippen LogP contribution in [0, 0.1) is 13.8 Å². The van der Waals surface area contributed by atoms with E-state index in [1.807, 2.05) is 42.7 Å². The van der Waals surface area contributed by atoms with E-state index in [9.17, 15) is 0 Å². The van der Waals surface area contributed by atoms with E-state index >= 15 is 0 Å². The number of hydrogen-bond acceptors (Lipinski definition) is 5. The van der Waals surface area contributed by atoms with Gasteiger partial charge in [0.05, 0.1) is 17.6 Å². The van der Waals surface area contributed by atoms with Crippen LogP contribution in [0.3, 0.4) is 0 Å². The topological polar surface area (TPSA) is 68.5 Å². The number of hydrogen-bond donors (Lipinski definition) is 1. The highest BCUT2D eigenvalue weighted by molar-refractivity contribution is 5.91. The van der Waals surface area contributed by atoms with E-state index in [0.717, 1.165) is 29.1 Å². The van der Waals surface area contributed by atoms with Crippen LogP contribution in [0.1, 0.15) is 22.5 Å². The fourth-order valence-electron chi connectivity index (χ4n) is 3.14. The molecule has 0 unspecified atom stereocenters. The average Bonchev–Trinajstić information content (AvgIpc) is 2.93. The van der Waals surface area contributed by atoms with Crippen molar-refractivity contribution in [1.29, 1.82) is 0 Å². The van der Waals surface area contributed by atoms with Gasteiger partial charge in [-0.1, -0.05) is 6.07 Å². The number of fused-ring (bicyclic) bond motifs is 1. The summed E-state index contributed by atoms with van der Waals surface area (Å²) in [5, 5.41) is 4.48. The highest BCUT2D eigenvalue weighted by Crippen LogP contribution is 2.29. The average molecular weight is 344 g/mol. The van der Waals surface area contributed by atoms with Gasteiger partial charge in [0, 0.05) is 30.8 Å². The molecule has 0 aliphatic heterocycles. The Morgan fingerprint density at radius 2 is 1.81 bits per heavy atom. The maximum absolute atomic E-state index is 4.56. The van der Waals surface area contributed by atoms with Crippen LogP contribution in [0.5, 0.6) is 0 Å². The molecule has 0 amide bonds. The Kier molecular flexibility index (Phi) is 4.31.